The molecule has 2 unspecified atom stereocenters. The molecular weight excluding hydrogens is 202 g/mol. The lowest BCUT2D eigenvalue weighted by atomic mass is 9.88. The predicted octanol–water partition coefficient (Wildman–Crippen LogP) is 1.44. The predicted molar refractivity (Wildman–Crippen MR) is 65.5 cm³/mol. The molecule has 0 saturated heterocycles. The van der Waals surface area contributed by atoms with Gasteiger partial charge in [-0.05, 0) is 36.4 Å². The van der Waals surface area contributed by atoms with E-state index in [0.717, 1.165) is 12.2 Å². The maximum absolute atomic E-state index is 9.19. The number of methoxy groups -OCH3 is 1. The van der Waals surface area contributed by atoms with E-state index in [4.69, 9.17) is 10.5 Å². The number of hydrogen-bond donors (Lipinski definition) is 2. The molecule has 0 fully saturated rings. The van der Waals surface area contributed by atoms with Crippen LogP contribution in [0.3, 0.4) is 0 Å². The number of aliphatic hydroxyl groups excluding tert-OH is 1. The number of aliphatic hydroxyl groups is 1. The van der Waals surface area contributed by atoms with Gasteiger partial charge in [0.2, 0.25) is 0 Å². The molecule has 0 aromatic heterocycles. The number of rotatable bonds is 6. The molecule has 0 amide bonds. The van der Waals surface area contributed by atoms with E-state index < -0.39 is 0 Å². The van der Waals surface area contributed by atoms with Gasteiger partial charge in [-0.25, -0.2) is 0 Å². The van der Waals surface area contributed by atoms with Crippen molar-refractivity contribution in [3.63, 3.8) is 0 Å². The van der Waals surface area contributed by atoms with Crippen molar-refractivity contribution >= 4 is 0 Å². The first kappa shape index (κ1) is 13.0. The summed E-state index contributed by atoms with van der Waals surface area (Å²) in [6.07, 6.45) is 0.881. The first-order valence-corrected chi connectivity index (χ1v) is 5.65. The zero-order chi connectivity index (χ0) is 12.0. The Morgan fingerprint density at radius 1 is 1.38 bits per heavy atom. The van der Waals surface area contributed by atoms with Gasteiger partial charge in [0.15, 0.2) is 0 Å². The molecule has 0 saturated carbocycles. The number of benzene rings is 1. The van der Waals surface area contributed by atoms with Crippen LogP contribution in [-0.4, -0.2) is 25.4 Å². The average Bonchev–Trinajstić information content (AvgIpc) is 2.31. The van der Waals surface area contributed by atoms with Gasteiger partial charge in [0, 0.05) is 6.61 Å². The Labute approximate surface area is 97.2 Å². The second-order valence-corrected chi connectivity index (χ2v) is 4.17. The van der Waals surface area contributed by atoms with E-state index in [-0.39, 0.29) is 12.5 Å². The van der Waals surface area contributed by atoms with Gasteiger partial charge < -0.3 is 15.6 Å². The van der Waals surface area contributed by atoms with Crippen LogP contribution in [0.4, 0.5) is 0 Å². The van der Waals surface area contributed by atoms with E-state index in [1.54, 1.807) is 7.11 Å². The van der Waals surface area contributed by atoms with Crippen LogP contribution in [0.2, 0.25) is 0 Å². The number of para-hydroxylation sites is 1. The minimum atomic E-state index is 0.146. The summed E-state index contributed by atoms with van der Waals surface area (Å²) < 4.78 is 5.30. The molecule has 16 heavy (non-hydrogen) atoms. The van der Waals surface area contributed by atoms with Crippen molar-refractivity contribution in [1.29, 1.82) is 0 Å². The van der Waals surface area contributed by atoms with Gasteiger partial charge >= 0.3 is 0 Å². The summed E-state index contributed by atoms with van der Waals surface area (Å²) in [6, 6.07) is 7.97. The fourth-order valence-electron chi connectivity index (χ4n) is 1.87. The van der Waals surface area contributed by atoms with Crippen LogP contribution >= 0.6 is 0 Å². The molecular formula is C13H21NO2. The Bertz CT molecular complexity index is 311. The van der Waals surface area contributed by atoms with Crippen molar-refractivity contribution < 1.29 is 9.84 Å². The molecule has 1 rings (SSSR count). The Morgan fingerprint density at radius 3 is 2.62 bits per heavy atom. The molecule has 0 aliphatic heterocycles. The van der Waals surface area contributed by atoms with E-state index in [1.165, 1.54) is 5.56 Å². The van der Waals surface area contributed by atoms with Crippen molar-refractivity contribution in [3.8, 4) is 5.75 Å². The average molecular weight is 223 g/mol. The lowest BCUT2D eigenvalue weighted by molar-refractivity contribution is 0.186. The van der Waals surface area contributed by atoms with E-state index in [1.807, 2.05) is 18.2 Å². The second kappa shape index (κ2) is 6.51. The van der Waals surface area contributed by atoms with E-state index in [2.05, 4.69) is 13.0 Å². The minimum absolute atomic E-state index is 0.146. The van der Waals surface area contributed by atoms with E-state index >= 15 is 0 Å². The fourth-order valence-corrected chi connectivity index (χ4v) is 1.87. The fraction of sp³-hybridized carbons (Fsp3) is 0.538. The summed E-state index contributed by atoms with van der Waals surface area (Å²) in [5.41, 5.74) is 6.79. The number of hydrogen-bond acceptors (Lipinski definition) is 3. The summed E-state index contributed by atoms with van der Waals surface area (Å²) in [4.78, 5) is 0. The quantitative estimate of drug-likeness (QED) is 0.767. The van der Waals surface area contributed by atoms with Crippen LogP contribution in [0.25, 0.3) is 0 Å². The first-order valence-electron chi connectivity index (χ1n) is 5.65. The van der Waals surface area contributed by atoms with Crippen LogP contribution in [0.5, 0.6) is 5.75 Å². The van der Waals surface area contributed by atoms with Gasteiger partial charge in [-0.1, -0.05) is 25.1 Å². The van der Waals surface area contributed by atoms with Gasteiger partial charge in [-0.15, -0.1) is 0 Å². The highest BCUT2D eigenvalue weighted by Gasteiger charge is 2.16. The van der Waals surface area contributed by atoms with Gasteiger partial charge in [-0.3, -0.25) is 0 Å². The molecule has 0 bridgehead atoms. The molecule has 0 spiro atoms. The third-order valence-electron chi connectivity index (χ3n) is 3.08. The maximum Gasteiger partial charge on any atom is 0.122 e. The molecule has 90 valence electrons. The standard InChI is InChI=1S/C13H21NO2/c1-10(12(8-14)9-15)7-11-5-3-4-6-13(11)16-2/h3-6,10,12,15H,7-9,14H2,1-2H3. The lowest BCUT2D eigenvalue weighted by Gasteiger charge is -2.21. The SMILES string of the molecule is COc1ccccc1CC(C)C(CN)CO. The zero-order valence-corrected chi connectivity index (χ0v) is 10.0. The third-order valence-corrected chi connectivity index (χ3v) is 3.08. The van der Waals surface area contributed by atoms with E-state index in [9.17, 15) is 5.11 Å². The number of ether oxygens (including phenoxy) is 1. The number of nitrogens with two attached hydrogens (primary N) is 1. The van der Waals surface area contributed by atoms with Crippen molar-refractivity contribution in [2.24, 2.45) is 17.6 Å². The lowest BCUT2D eigenvalue weighted by Crippen LogP contribution is -2.26. The summed E-state index contributed by atoms with van der Waals surface area (Å²) in [6.45, 7) is 2.78. The summed E-state index contributed by atoms with van der Waals surface area (Å²) in [5, 5.41) is 9.19. The van der Waals surface area contributed by atoms with Gasteiger partial charge in [0.25, 0.3) is 0 Å². The molecule has 1 aromatic rings. The highest BCUT2D eigenvalue weighted by molar-refractivity contribution is 5.33. The van der Waals surface area contributed by atoms with E-state index in [0.29, 0.717) is 12.5 Å². The Hall–Kier alpha value is -1.06. The zero-order valence-electron chi connectivity index (χ0n) is 10.0. The second-order valence-electron chi connectivity index (χ2n) is 4.17. The Morgan fingerprint density at radius 2 is 2.06 bits per heavy atom. The Balaban J connectivity index is 2.71. The highest BCUT2D eigenvalue weighted by atomic mass is 16.5. The molecule has 0 heterocycles. The van der Waals surface area contributed by atoms with Gasteiger partial charge in [0.1, 0.15) is 5.75 Å². The molecule has 0 radical (unpaired) electrons. The van der Waals surface area contributed by atoms with Crippen molar-refractivity contribution in [2.45, 2.75) is 13.3 Å². The van der Waals surface area contributed by atoms with Crippen LogP contribution in [0.1, 0.15) is 12.5 Å². The van der Waals surface area contributed by atoms with Gasteiger partial charge in [-0.2, -0.15) is 0 Å². The Kier molecular flexibility index (Phi) is 5.29. The van der Waals surface area contributed by atoms with Crippen molar-refractivity contribution in [2.75, 3.05) is 20.3 Å². The molecule has 2 atom stereocenters. The van der Waals surface area contributed by atoms with Crippen molar-refractivity contribution in [3.05, 3.63) is 29.8 Å². The molecule has 3 N–H and O–H groups in total. The molecule has 3 heteroatoms. The summed E-state index contributed by atoms with van der Waals surface area (Å²) >= 11 is 0. The monoisotopic (exact) mass is 223 g/mol. The first-order chi connectivity index (χ1) is 7.72. The minimum Gasteiger partial charge on any atom is -0.496 e. The van der Waals surface area contributed by atoms with Crippen LogP contribution in [0, 0.1) is 11.8 Å². The van der Waals surface area contributed by atoms with Gasteiger partial charge in [0.05, 0.1) is 7.11 Å². The topological polar surface area (TPSA) is 55.5 Å². The smallest absolute Gasteiger partial charge is 0.122 e. The van der Waals surface area contributed by atoms with Crippen LogP contribution in [0.15, 0.2) is 24.3 Å². The normalized spacial score (nSPS) is 14.5. The molecule has 0 aliphatic carbocycles. The molecule has 3 nitrogen and oxygen atoms in total. The third kappa shape index (κ3) is 3.22. The molecule has 1 aromatic carbocycles. The summed E-state index contributed by atoms with van der Waals surface area (Å²) in [7, 11) is 1.68. The highest BCUT2D eigenvalue weighted by Crippen LogP contribution is 2.23. The molecule has 0 aliphatic rings. The summed E-state index contributed by atoms with van der Waals surface area (Å²) in [5.74, 6) is 1.42. The van der Waals surface area contributed by atoms with Crippen LogP contribution < -0.4 is 10.5 Å². The van der Waals surface area contributed by atoms with Crippen molar-refractivity contribution in [1.82, 2.24) is 0 Å². The maximum atomic E-state index is 9.19. The van der Waals surface area contributed by atoms with Crippen LogP contribution in [-0.2, 0) is 6.42 Å². The largest absolute Gasteiger partial charge is 0.496 e.